The smallest absolute Gasteiger partial charge is 0.118 e. The summed E-state index contributed by atoms with van der Waals surface area (Å²) >= 11 is 0. The van der Waals surface area contributed by atoms with Crippen LogP contribution in [-0.2, 0) is 13.0 Å². The molecular formula is C15H21N3O. The number of aryl methyl sites for hydroxylation is 2. The molecule has 0 unspecified atom stereocenters. The molecule has 2 rings (SSSR count). The minimum Gasteiger partial charge on any atom is -0.497 e. The number of methoxy groups -OCH3 is 1. The third kappa shape index (κ3) is 3.35. The van der Waals surface area contributed by atoms with E-state index in [9.17, 15) is 0 Å². The summed E-state index contributed by atoms with van der Waals surface area (Å²) in [6.07, 6.45) is 5.61. The van der Waals surface area contributed by atoms with Crippen LogP contribution < -0.4 is 10.5 Å². The number of rotatable bonds is 6. The molecule has 1 atom stereocenters. The quantitative estimate of drug-likeness (QED) is 0.867. The molecule has 0 aliphatic carbocycles. The number of benzene rings is 1. The van der Waals surface area contributed by atoms with Crippen molar-refractivity contribution in [1.29, 1.82) is 0 Å². The fraction of sp³-hybridized carbons (Fsp3) is 0.400. The van der Waals surface area contributed by atoms with Crippen molar-refractivity contribution in [2.75, 3.05) is 7.11 Å². The summed E-state index contributed by atoms with van der Waals surface area (Å²) in [5, 5.41) is 0. The van der Waals surface area contributed by atoms with Crippen molar-refractivity contribution in [3.63, 3.8) is 0 Å². The molecule has 0 fully saturated rings. The lowest BCUT2D eigenvalue weighted by Crippen LogP contribution is -2.15. The van der Waals surface area contributed by atoms with Gasteiger partial charge in [0.05, 0.1) is 19.1 Å². The zero-order valence-electron chi connectivity index (χ0n) is 11.5. The Kier molecular flexibility index (Phi) is 4.58. The zero-order chi connectivity index (χ0) is 13.7. The van der Waals surface area contributed by atoms with Crippen molar-refractivity contribution in [1.82, 2.24) is 9.55 Å². The van der Waals surface area contributed by atoms with Crippen LogP contribution in [0.2, 0.25) is 0 Å². The first-order valence-corrected chi connectivity index (χ1v) is 6.63. The first-order valence-electron chi connectivity index (χ1n) is 6.63. The second-order valence-corrected chi connectivity index (χ2v) is 4.62. The van der Waals surface area contributed by atoms with Crippen LogP contribution in [0.4, 0.5) is 0 Å². The lowest BCUT2D eigenvalue weighted by atomic mass is 10.1. The highest BCUT2D eigenvalue weighted by atomic mass is 16.5. The second-order valence-electron chi connectivity index (χ2n) is 4.62. The van der Waals surface area contributed by atoms with Gasteiger partial charge in [0, 0.05) is 18.8 Å². The van der Waals surface area contributed by atoms with Gasteiger partial charge >= 0.3 is 0 Å². The standard InChI is InChI=1S/C15H21N3O/c1-3-14(16)15-10-17-11-18(15)9-8-12-4-6-13(19-2)7-5-12/h4-7,10-11,14H,3,8-9,16H2,1-2H3/t14-/m1/s1. The molecule has 0 saturated carbocycles. The average molecular weight is 259 g/mol. The van der Waals surface area contributed by atoms with Crippen molar-refractivity contribution in [3.8, 4) is 5.75 Å². The SMILES string of the molecule is CC[C@@H](N)c1cncn1CCc1ccc(OC)cc1. The van der Waals surface area contributed by atoms with Gasteiger partial charge < -0.3 is 15.0 Å². The van der Waals surface area contributed by atoms with Crippen LogP contribution in [0.25, 0.3) is 0 Å². The van der Waals surface area contributed by atoms with Crippen molar-refractivity contribution in [2.24, 2.45) is 5.73 Å². The Morgan fingerprint density at radius 1 is 1.32 bits per heavy atom. The Morgan fingerprint density at radius 3 is 2.68 bits per heavy atom. The Morgan fingerprint density at radius 2 is 2.05 bits per heavy atom. The average Bonchev–Trinajstić information content (AvgIpc) is 2.93. The first-order chi connectivity index (χ1) is 9.24. The number of imidazole rings is 1. The summed E-state index contributed by atoms with van der Waals surface area (Å²) in [6, 6.07) is 8.23. The van der Waals surface area contributed by atoms with Gasteiger partial charge in [-0.25, -0.2) is 4.98 Å². The summed E-state index contributed by atoms with van der Waals surface area (Å²) < 4.78 is 7.29. The molecule has 0 bridgehead atoms. The Balaban J connectivity index is 2.00. The molecule has 0 saturated heterocycles. The van der Waals surface area contributed by atoms with Crippen LogP contribution >= 0.6 is 0 Å². The van der Waals surface area contributed by atoms with Gasteiger partial charge in [0.2, 0.25) is 0 Å². The van der Waals surface area contributed by atoms with Crippen LogP contribution in [0.3, 0.4) is 0 Å². The van der Waals surface area contributed by atoms with Crippen LogP contribution in [0, 0.1) is 0 Å². The Bertz CT molecular complexity index is 504. The van der Waals surface area contributed by atoms with Crippen molar-refractivity contribution in [3.05, 3.63) is 48.0 Å². The van der Waals surface area contributed by atoms with Crippen LogP contribution in [0.5, 0.6) is 5.75 Å². The molecule has 2 N–H and O–H groups in total. The molecule has 0 radical (unpaired) electrons. The van der Waals surface area contributed by atoms with Gasteiger partial charge in [-0.15, -0.1) is 0 Å². The van der Waals surface area contributed by atoms with Crippen LogP contribution in [0.1, 0.15) is 30.6 Å². The molecule has 19 heavy (non-hydrogen) atoms. The molecule has 4 heteroatoms. The Labute approximate surface area is 114 Å². The third-order valence-corrected chi connectivity index (χ3v) is 3.36. The molecule has 0 amide bonds. The largest absolute Gasteiger partial charge is 0.497 e. The molecule has 0 aliphatic heterocycles. The maximum absolute atomic E-state index is 6.07. The summed E-state index contributed by atoms with van der Waals surface area (Å²) in [5.41, 5.74) is 8.46. The predicted octanol–water partition coefficient (Wildman–Crippen LogP) is 2.54. The van der Waals surface area contributed by atoms with E-state index >= 15 is 0 Å². The highest BCUT2D eigenvalue weighted by molar-refractivity contribution is 5.27. The normalized spacial score (nSPS) is 12.4. The van der Waals surface area contributed by atoms with Crippen molar-refractivity contribution >= 4 is 0 Å². The monoisotopic (exact) mass is 259 g/mol. The number of hydrogen-bond acceptors (Lipinski definition) is 3. The maximum atomic E-state index is 6.07. The van der Waals surface area contributed by atoms with E-state index in [-0.39, 0.29) is 6.04 Å². The van der Waals surface area contributed by atoms with E-state index in [1.54, 1.807) is 7.11 Å². The van der Waals surface area contributed by atoms with Gasteiger partial charge in [-0.2, -0.15) is 0 Å². The lowest BCUT2D eigenvalue weighted by Gasteiger charge is -2.13. The summed E-state index contributed by atoms with van der Waals surface area (Å²) in [7, 11) is 1.68. The summed E-state index contributed by atoms with van der Waals surface area (Å²) in [5.74, 6) is 0.889. The predicted molar refractivity (Wildman–Crippen MR) is 76.1 cm³/mol. The molecule has 4 nitrogen and oxygen atoms in total. The van der Waals surface area contributed by atoms with Crippen LogP contribution in [0.15, 0.2) is 36.8 Å². The van der Waals surface area contributed by atoms with Gasteiger partial charge in [0.15, 0.2) is 0 Å². The summed E-state index contributed by atoms with van der Waals surface area (Å²) in [4.78, 5) is 4.19. The van der Waals surface area contributed by atoms with Crippen molar-refractivity contribution in [2.45, 2.75) is 32.4 Å². The van der Waals surface area contributed by atoms with E-state index in [4.69, 9.17) is 10.5 Å². The number of nitrogens with zero attached hydrogens (tertiary/aromatic N) is 2. The van der Waals surface area contributed by atoms with Crippen LogP contribution in [-0.4, -0.2) is 16.7 Å². The van der Waals surface area contributed by atoms with E-state index in [2.05, 4.69) is 28.6 Å². The van der Waals surface area contributed by atoms with Crippen molar-refractivity contribution < 1.29 is 4.74 Å². The maximum Gasteiger partial charge on any atom is 0.118 e. The molecule has 1 aromatic heterocycles. The molecule has 102 valence electrons. The molecule has 2 aromatic rings. The van der Waals surface area contributed by atoms with Gasteiger partial charge in [0.25, 0.3) is 0 Å². The fourth-order valence-electron chi connectivity index (χ4n) is 2.08. The van der Waals surface area contributed by atoms with Gasteiger partial charge in [-0.3, -0.25) is 0 Å². The highest BCUT2D eigenvalue weighted by Gasteiger charge is 2.09. The van der Waals surface area contributed by atoms with E-state index in [0.717, 1.165) is 30.8 Å². The number of ether oxygens (including phenoxy) is 1. The Hall–Kier alpha value is -1.81. The first kappa shape index (κ1) is 13.6. The minimum absolute atomic E-state index is 0.0679. The third-order valence-electron chi connectivity index (χ3n) is 3.36. The fourth-order valence-corrected chi connectivity index (χ4v) is 2.08. The molecule has 1 heterocycles. The van der Waals surface area contributed by atoms with E-state index in [0.29, 0.717) is 0 Å². The topological polar surface area (TPSA) is 53.1 Å². The zero-order valence-corrected chi connectivity index (χ0v) is 11.5. The number of aromatic nitrogens is 2. The molecule has 1 aromatic carbocycles. The molecule has 0 spiro atoms. The summed E-state index contributed by atoms with van der Waals surface area (Å²) in [6.45, 7) is 2.99. The number of nitrogens with two attached hydrogens (primary N) is 1. The van der Waals surface area contributed by atoms with E-state index < -0.39 is 0 Å². The van der Waals surface area contributed by atoms with E-state index in [1.807, 2.05) is 24.7 Å². The van der Waals surface area contributed by atoms with Gasteiger partial charge in [0.1, 0.15) is 5.75 Å². The van der Waals surface area contributed by atoms with Gasteiger partial charge in [-0.1, -0.05) is 19.1 Å². The number of hydrogen-bond donors (Lipinski definition) is 1. The molecular weight excluding hydrogens is 238 g/mol. The van der Waals surface area contributed by atoms with Gasteiger partial charge in [-0.05, 0) is 30.5 Å². The second kappa shape index (κ2) is 6.38. The highest BCUT2D eigenvalue weighted by Crippen LogP contribution is 2.15. The van der Waals surface area contributed by atoms with E-state index in [1.165, 1.54) is 5.56 Å². The minimum atomic E-state index is 0.0679. The molecule has 0 aliphatic rings. The lowest BCUT2D eigenvalue weighted by molar-refractivity contribution is 0.414.